The van der Waals surface area contributed by atoms with E-state index in [0.29, 0.717) is 6.54 Å². The second-order valence-corrected chi connectivity index (χ2v) is 7.36. The van der Waals surface area contributed by atoms with Gasteiger partial charge < -0.3 is 20.3 Å². The number of nitrogens with zero attached hydrogens (tertiary/aromatic N) is 3. The number of anilines is 1. The molecular weight excluding hydrogens is 362 g/mol. The second kappa shape index (κ2) is 11.4. The van der Waals surface area contributed by atoms with Gasteiger partial charge in [-0.2, -0.15) is 0 Å². The summed E-state index contributed by atoms with van der Waals surface area (Å²) in [5.74, 6) is 1.87. The van der Waals surface area contributed by atoms with Gasteiger partial charge in [-0.3, -0.25) is 0 Å². The van der Waals surface area contributed by atoms with Crippen LogP contribution in [0.2, 0.25) is 0 Å². The normalized spacial score (nSPS) is 17.2. The molecule has 3 rings (SSSR count). The standard InChI is InChI=1S/C23H33N5O/c1-3-24-23(26-12-7-10-20-8-5-4-6-9-20)27-17-21-11-13-25-22(16-21)28-14-15-29-19(2)18-28/h4-6,8-9,11,13,16,19H,3,7,10,12,14-15,17-18H2,1-2H3,(H2,24,26,27). The Labute approximate surface area is 174 Å². The molecule has 0 amide bonds. The van der Waals surface area contributed by atoms with Crippen molar-refractivity contribution in [1.29, 1.82) is 0 Å². The molecular formula is C23H33N5O. The highest BCUT2D eigenvalue weighted by atomic mass is 16.5. The number of morpholine rings is 1. The van der Waals surface area contributed by atoms with Crippen LogP contribution in [0.4, 0.5) is 5.82 Å². The summed E-state index contributed by atoms with van der Waals surface area (Å²) in [6.07, 6.45) is 4.26. The zero-order valence-corrected chi connectivity index (χ0v) is 17.6. The van der Waals surface area contributed by atoms with Gasteiger partial charge in [0.25, 0.3) is 0 Å². The molecule has 6 nitrogen and oxygen atoms in total. The van der Waals surface area contributed by atoms with Crippen LogP contribution >= 0.6 is 0 Å². The van der Waals surface area contributed by atoms with Crippen LogP contribution in [-0.2, 0) is 17.7 Å². The Kier molecular flexibility index (Phi) is 8.31. The van der Waals surface area contributed by atoms with E-state index in [0.717, 1.165) is 63.0 Å². The highest BCUT2D eigenvalue weighted by molar-refractivity contribution is 5.79. The first-order chi connectivity index (χ1) is 14.2. The molecule has 1 saturated heterocycles. The van der Waals surface area contributed by atoms with E-state index in [2.05, 4.69) is 70.8 Å². The molecule has 156 valence electrons. The van der Waals surface area contributed by atoms with Crippen molar-refractivity contribution < 1.29 is 4.74 Å². The van der Waals surface area contributed by atoms with Gasteiger partial charge in [0.15, 0.2) is 5.96 Å². The van der Waals surface area contributed by atoms with Crippen molar-refractivity contribution in [2.45, 2.75) is 39.3 Å². The molecule has 2 N–H and O–H groups in total. The maximum atomic E-state index is 5.63. The first-order valence-corrected chi connectivity index (χ1v) is 10.6. The van der Waals surface area contributed by atoms with E-state index in [4.69, 9.17) is 9.73 Å². The van der Waals surface area contributed by atoms with Crippen molar-refractivity contribution in [2.24, 2.45) is 4.99 Å². The lowest BCUT2D eigenvalue weighted by molar-refractivity contribution is 0.0529. The van der Waals surface area contributed by atoms with Gasteiger partial charge >= 0.3 is 0 Å². The summed E-state index contributed by atoms with van der Waals surface area (Å²) in [5.41, 5.74) is 2.54. The number of aryl methyl sites for hydroxylation is 1. The monoisotopic (exact) mass is 395 g/mol. The number of benzene rings is 1. The number of aromatic nitrogens is 1. The summed E-state index contributed by atoms with van der Waals surface area (Å²) >= 11 is 0. The fourth-order valence-electron chi connectivity index (χ4n) is 3.41. The van der Waals surface area contributed by atoms with Gasteiger partial charge in [0.05, 0.1) is 19.3 Å². The molecule has 2 heterocycles. The Morgan fingerprint density at radius 3 is 2.86 bits per heavy atom. The highest BCUT2D eigenvalue weighted by Gasteiger charge is 2.17. The van der Waals surface area contributed by atoms with E-state index in [1.807, 2.05) is 12.3 Å². The molecule has 1 atom stereocenters. The fourth-order valence-corrected chi connectivity index (χ4v) is 3.41. The molecule has 0 radical (unpaired) electrons. The lowest BCUT2D eigenvalue weighted by atomic mass is 10.1. The smallest absolute Gasteiger partial charge is 0.191 e. The largest absolute Gasteiger partial charge is 0.375 e. The summed E-state index contributed by atoms with van der Waals surface area (Å²) in [6, 6.07) is 14.8. The molecule has 0 aliphatic carbocycles. The second-order valence-electron chi connectivity index (χ2n) is 7.36. The third-order valence-corrected chi connectivity index (χ3v) is 4.92. The average Bonchev–Trinajstić information content (AvgIpc) is 2.76. The molecule has 0 spiro atoms. The molecule has 2 aromatic rings. The third kappa shape index (κ3) is 7.06. The minimum Gasteiger partial charge on any atom is -0.375 e. The topological polar surface area (TPSA) is 61.8 Å². The van der Waals surface area contributed by atoms with Crippen molar-refractivity contribution in [2.75, 3.05) is 37.7 Å². The number of hydrogen-bond acceptors (Lipinski definition) is 4. The third-order valence-electron chi connectivity index (χ3n) is 4.92. The summed E-state index contributed by atoms with van der Waals surface area (Å²) < 4.78 is 5.63. The van der Waals surface area contributed by atoms with Crippen molar-refractivity contribution in [3.05, 3.63) is 59.8 Å². The highest BCUT2D eigenvalue weighted by Crippen LogP contribution is 2.16. The summed E-state index contributed by atoms with van der Waals surface area (Å²) in [6.45, 7) is 9.08. The van der Waals surface area contributed by atoms with E-state index >= 15 is 0 Å². The Morgan fingerprint density at radius 1 is 1.21 bits per heavy atom. The van der Waals surface area contributed by atoms with Crippen LogP contribution in [0, 0.1) is 0 Å². The van der Waals surface area contributed by atoms with Gasteiger partial charge in [-0.15, -0.1) is 0 Å². The minimum absolute atomic E-state index is 0.243. The first kappa shape index (κ1) is 21.1. The number of aliphatic imine (C=N–C) groups is 1. The maximum Gasteiger partial charge on any atom is 0.191 e. The van der Waals surface area contributed by atoms with Crippen LogP contribution in [0.5, 0.6) is 0 Å². The Balaban J connectivity index is 1.52. The zero-order valence-electron chi connectivity index (χ0n) is 17.6. The molecule has 6 heteroatoms. The maximum absolute atomic E-state index is 5.63. The summed E-state index contributed by atoms with van der Waals surface area (Å²) in [7, 11) is 0. The van der Waals surface area contributed by atoms with Crippen LogP contribution in [0.1, 0.15) is 31.4 Å². The number of ether oxygens (including phenoxy) is 1. The molecule has 0 bridgehead atoms. The van der Waals surface area contributed by atoms with Crippen molar-refractivity contribution in [1.82, 2.24) is 15.6 Å². The molecule has 0 saturated carbocycles. The van der Waals surface area contributed by atoms with E-state index < -0.39 is 0 Å². The van der Waals surface area contributed by atoms with Gasteiger partial charge in [0.2, 0.25) is 0 Å². The Morgan fingerprint density at radius 2 is 2.07 bits per heavy atom. The first-order valence-electron chi connectivity index (χ1n) is 10.6. The van der Waals surface area contributed by atoms with E-state index in [-0.39, 0.29) is 6.10 Å². The SMILES string of the molecule is CCNC(=NCc1ccnc(N2CCOC(C)C2)c1)NCCCc1ccccc1. The van der Waals surface area contributed by atoms with Crippen LogP contribution in [0.25, 0.3) is 0 Å². The van der Waals surface area contributed by atoms with Crippen LogP contribution < -0.4 is 15.5 Å². The molecule has 29 heavy (non-hydrogen) atoms. The van der Waals surface area contributed by atoms with Gasteiger partial charge in [0.1, 0.15) is 5.82 Å². The van der Waals surface area contributed by atoms with E-state index in [9.17, 15) is 0 Å². The van der Waals surface area contributed by atoms with Crippen LogP contribution in [0.3, 0.4) is 0 Å². The van der Waals surface area contributed by atoms with Gasteiger partial charge in [-0.1, -0.05) is 30.3 Å². The quantitative estimate of drug-likeness (QED) is 0.409. The average molecular weight is 396 g/mol. The van der Waals surface area contributed by atoms with Gasteiger partial charge in [-0.05, 0) is 49.9 Å². The summed E-state index contributed by atoms with van der Waals surface area (Å²) in [4.78, 5) is 11.6. The van der Waals surface area contributed by atoms with Crippen molar-refractivity contribution in [3.63, 3.8) is 0 Å². The molecule has 1 aliphatic heterocycles. The van der Waals surface area contributed by atoms with E-state index in [1.54, 1.807) is 0 Å². The fraction of sp³-hybridized carbons (Fsp3) is 0.478. The predicted molar refractivity (Wildman–Crippen MR) is 119 cm³/mol. The number of hydrogen-bond donors (Lipinski definition) is 2. The Hall–Kier alpha value is -2.60. The van der Waals surface area contributed by atoms with Crippen molar-refractivity contribution in [3.8, 4) is 0 Å². The number of pyridine rings is 1. The number of guanidine groups is 1. The van der Waals surface area contributed by atoms with Crippen LogP contribution in [0.15, 0.2) is 53.7 Å². The molecule has 1 aliphatic rings. The Bertz CT molecular complexity index is 765. The van der Waals surface area contributed by atoms with E-state index in [1.165, 1.54) is 5.56 Å². The zero-order chi connectivity index (χ0) is 20.3. The molecule has 1 aromatic heterocycles. The number of rotatable bonds is 8. The minimum atomic E-state index is 0.243. The van der Waals surface area contributed by atoms with Gasteiger partial charge in [0, 0.05) is 32.4 Å². The van der Waals surface area contributed by atoms with Gasteiger partial charge in [-0.25, -0.2) is 9.98 Å². The van der Waals surface area contributed by atoms with Crippen LogP contribution in [-0.4, -0.2) is 49.8 Å². The lowest BCUT2D eigenvalue weighted by Crippen LogP contribution is -2.41. The molecule has 1 unspecified atom stereocenters. The molecule has 1 fully saturated rings. The van der Waals surface area contributed by atoms with Crippen molar-refractivity contribution >= 4 is 11.8 Å². The molecule has 1 aromatic carbocycles. The lowest BCUT2D eigenvalue weighted by Gasteiger charge is -2.32. The summed E-state index contributed by atoms with van der Waals surface area (Å²) in [5, 5.41) is 6.77. The predicted octanol–water partition coefficient (Wildman–Crippen LogP) is 2.99. The number of nitrogens with one attached hydrogen (secondary N) is 2.